The van der Waals surface area contributed by atoms with Crippen molar-refractivity contribution < 1.29 is 24.2 Å². The normalized spacial score (nSPS) is 22.0. The van der Waals surface area contributed by atoms with Crippen molar-refractivity contribution in [2.24, 2.45) is 5.92 Å². The lowest BCUT2D eigenvalue weighted by Crippen LogP contribution is -2.48. The molecule has 108 valence electrons. The van der Waals surface area contributed by atoms with Crippen LogP contribution in [0.25, 0.3) is 0 Å². The summed E-state index contributed by atoms with van der Waals surface area (Å²) in [5.74, 6) is -1.70. The zero-order valence-corrected chi connectivity index (χ0v) is 11.0. The Labute approximate surface area is 116 Å². The van der Waals surface area contributed by atoms with Gasteiger partial charge < -0.3 is 19.9 Å². The van der Waals surface area contributed by atoms with E-state index in [0.717, 1.165) is 5.56 Å². The summed E-state index contributed by atoms with van der Waals surface area (Å²) in [4.78, 5) is 22.7. The van der Waals surface area contributed by atoms with Crippen molar-refractivity contribution in [3.63, 3.8) is 0 Å². The van der Waals surface area contributed by atoms with Crippen molar-refractivity contribution in [1.82, 2.24) is 5.32 Å². The number of nitrogens with one attached hydrogen (secondary N) is 1. The Morgan fingerprint density at radius 2 is 2.10 bits per heavy atom. The highest BCUT2D eigenvalue weighted by molar-refractivity contribution is 5.73. The minimum Gasteiger partial charge on any atom is -0.481 e. The van der Waals surface area contributed by atoms with E-state index in [4.69, 9.17) is 14.6 Å². The van der Waals surface area contributed by atoms with Crippen LogP contribution >= 0.6 is 0 Å². The van der Waals surface area contributed by atoms with Gasteiger partial charge >= 0.3 is 12.1 Å². The molecule has 6 heteroatoms. The molecule has 2 N–H and O–H groups in total. The van der Waals surface area contributed by atoms with Gasteiger partial charge in [-0.15, -0.1) is 0 Å². The molecule has 6 nitrogen and oxygen atoms in total. The van der Waals surface area contributed by atoms with Gasteiger partial charge in [-0.2, -0.15) is 0 Å². The van der Waals surface area contributed by atoms with Gasteiger partial charge in [-0.05, 0) is 12.0 Å². The van der Waals surface area contributed by atoms with Crippen LogP contribution in [0.4, 0.5) is 4.79 Å². The smallest absolute Gasteiger partial charge is 0.407 e. The molecule has 2 rings (SSSR count). The number of hydrogen-bond acceptors (Lipinski definition) is 4. The van der Waals surface area contributed by atoms with Gasteiger partial charge in [0.05, 0.1) is 6.61 Å². The largest absolute Gasteiger partial charge is 0.481 e. The number of benzene rings is 1. The molecule has 2 unspecified atom stereocenters. The Bertz CT molecular complexity index is 462. The summed E-state index contributed by atoms with van der Waals surface area (Å²) in [7, 11) is 0. The fourth-order valence-electron chi connectivity index (χ4n) is 2.07. The third-order valence-corrected chi connectivity index (χ3v) is 3.19. The first-order valence-electron chi connectivity index (χ1n) is 6.44. The molecule has 1 aliphatic heterocycles. The van der Waals surface area contributed by atoms with Crippen LogP contribution in [0.1, 0.15) is 12.0 Å². The highest BCUT2D eigenvalue weighted by Gasteiger charge is 2.32. The molecule has 1 heterocycles. The van der Waals surface area contributed by atoms with Gasteiger partial charge in [0, 0.05) is 12.6 Å². The minimum absolute atomic E-state index is 0.110. The fraction of sp³-hybridized carbons (Fsp3) is 0.429. The number of carboxylic acid groups (broad SMARTS) is 1. The third-order valence-electron chi connectivity index (χ3n) is 3.19. The standard InChI is InChI=1S/C14H17NO5/c16-13(17)11-9-19-7-6-12(11)15-14(18)20-8-10-4-2-1-3-5-10/h1-5,11-12H,6-9H2,(H,15,18)(H,16,17). The lowest BCUT2D eigenvalue weighted by atomic mass is 9.96. The van der Waals surface area contributed by atoms with Crippen molar-refractivity contribution in [3.8, 4) is 0 Å². The van der Waals surface area contributed by atoms with Gasteiger partial charge in [0.15, 0.2) is 0 Å². The van der Waals surface area contributed by atoms with Crippen LogP contribution in [0.5, 0.6) is 0 Å². The number of hydrogen-bond donors (Lipinski definition) is 2. The molecule has 1 saturated heterocycles. The molecule has 1 aromatic rings. The van der Waals surface area contributed by atoms with Crippen LogP contribution in [0.15, 0.2) is 30.3 Å². The average Bonchev–Trinajstić information content (AvgIpc) is 2.46. The van der Waals surface area contributed by atoms with Crippen LogP contribution < -0.4 is 5.32 Å². The molecule has 0 aliphatic carbocycles. The summed E-state index contributed by atoms with van der Waals surface area (Å²) in [6.45, 7) is 0.708. The van der Waals surface area contributed by atoms with E-state index in [1.807, 2.05) is 30.3 Å². The topological polar surface area (TPSA) is 84.9 Å². The predicted molar refractivity (Wildman–Crippen MR) is 70.1 cm³/mol. The molecule has 2 atom stereocenters. The molecular formula is C14H17NO5. The van der Waals surface area contributed by atoms with E-state index in [0.29, 0.717) is 13.0 Å². The minimum atomic E-state index is -0.974. The Hall–Kier alpha value is -2.08. The van der Waals surface area contributed by atoms with Gasteiger partial charge in [0.2, 0.25) is 0 Å². The molecule has 1 fully saturated rings. The monoisotopic (exact) mass is 279 g/mol. The molecule has 1 aromatic carbocycles. The van der Waals surface area contributed by atoms with E-state index >= 15 is 0 Å². The Balaban J connectivity index is 1.82. The van der Waals surface area contributed by atoms with E-state index in [-0.39, 0.29) is 13.2 Å². The maximum Gasteiger partial charge on any atom is 0.407 e. The highest BCUT2D eigenvalue weighted by atomic mass is 16.5. The van der Waals surface area contributed by atoms with Crippen molar-refractivity contribution in [1.29, 1.82) is 0 Å². The summed E-state index contributed by atoms with van der Waals surface area (Å²) >= 11 is 0. The zero-order valence-electron chi connectivity index (χ0n) is 11.0. The number of carbonyl (C=O) groups is 2. The molecule has 20 heavy (non-hydrogen) atoms. The molecule has 0 aromatic heterocycles. The number of alkyl carbamates (subject to hydrolysis) is 1. The Morgan fingerprint density at radius 1 is 1.35 bits per heavy atom. The van der Waals surface area contributed by atoms with E-state index < -0.39 is 24.0 Å². The Morgan fingerprint density at radius 3 is 2.80 bits per heavy atom. The molecule has 0 bridgehead atoms. The van der Waals surface area contributed by atoms with Gasteiger partial charge in [0.1, 0.15) is 12.5 Å². The summed E-state index contributed by atoms with van der Waals surface area (Å²) in [6.07, 6.45) is -0.135. The predicted octanol–water partition coefficient (Wildman–Crippen LogP) is 1.40. The molecule has 0 spiro atoms. The molecule has 0 radical (unpaired) electrons. The lowest BCUT2D eigenvalue weighted by molar-refractivity contribution is -0.147. The van der Waals surface area contributed by atoms with Crippen molar-refractivity contribution in [3.05, 3.63) is 35.9 Å². The first-order valence-corrected chi connectivity index (χ1v) is 6.44. The third kappa shape index (κ3) is 3.96. The molecular weight excluding hydrogens is 262 g/mol. The van der Waals surface area contributed by atoms with Gasteiger partial charge in [-0.3, -0.25) is 4.79 Å². The lowest BCUT2D eigenvalue weighted by Gasteiger charge is -2.28. The number of carboxylic acids is 1. The van der Waals surface area contributed by atoms with E-state index in [1.54, 1.807) is 0 Å². The first kappa shape index (κ1) is 14.3. The maximum atomic E-state index is 11.7. The highest BCUT2D eigenvalue weighted by Crippen LogP contribution is 2.15. The maximum absolute atomic E-state index is 11.7. The molecule has 1 amide bonds. The van der Waals surface area contributed by atoms with Crippen molar-refractivity contribution in [2.75, 3.05) is 13.2 Å². The van der Waals surface area contributed by atoms with Crippen LogP contribution in [-0.2, 0) is 20.9 Å². The molecule has 1 aliphatic rings. The number of rotatable bonds is 4. The number of carbonyl (C=O) groups excluding carboxylic acids is 1. The van der Waals surface area contributed by atoms with Crippen molar-refractivity contribution >= 4 is 12.1 Å². The second kappa shape index (κ2) is 6.91. The van der Waals surface area contributed by atoms with E-state index in [2.05, 4.69) is 5.32 Å². The molecule has 0 saturated carbocycles. The van der Waals surface area contributed by atoms with E-state index in [9.17, 15) is 9.59 Å². The van der Waals surface area contributed by atoms with Crippen LogP contribution in [0.3, 0.4) is 0 Å². The van der Waals surface area contributed by atoms with Gasteiger partial charge in [-0.25, -0.2) is 4.79 Å². The Kier molecular flexibility index (Phi) is 4.95. The van der Waals surface area contributed by atoms with E-state index in [1.165, 1.54) is 0 Å². The fourth-order valence-corrected chi connectivity index (χ4v) is 2.07. The SMILES string of the molecule is O=C(NC1CCOCC1C(=O)O)OCc1ccccc1. The van der Waals surface area contributed by atoms with Crippen LogP contribution in [-0.4, -0.2) is 36.4 Å². The average molecular weight is 279 g/mol. The number of amides is 1. The van der Waals surface area contributed by atoms with Crippen LogP contribution in [0.2, 0.25) is 0 Å². The second-order valence-corrected chi connectivity index (χ2v) is 4.62. The summed E-state index contributed by atoms with van der Waals surface area (Å²) < 4.78 is 10.2. The quantitative estimate of drug-likeness (QED) is 0.870. The summed E-state index contributed by atoms with van der Waals surface area (Å²) in [5.41, 5.74) is 0.879. The number of ether oxygens (including phenoxy) is 2. The second-order valence-electron chi connectivity index (χ2n) is 4.62. The first-order chi connectivity index (χ1) is 9.66. The van der Waals surface area contributed by atoms with Crippen molar-refractivity contribution in [2.45, 2.75) is 19.1 Å². The van der Waals surface area contributed by atoms with Gasteiger partial charge in [0.25, 0.3) is 0 Å². The summed E-state index contributed by atoms with van der Waals surface area (Å²) in [6, 6.07) is 8.84. The van der Waals surface area contributed by atoms with Gasteiger partial charge in [-0.1, -0.05) is 30.3 Å². The zero-order chi connectivity index (χ0) is 14.4. The number of aliphatic carboxylic acids is 1. The summed E-state index contributed by atoms with van der Waals surface area (Å²) in [5, 5.41) is 11.7. The van der Waals surface area contributed by atoms with Crippen LogP contribution in [0, 0.1) is 5.92 Å².